The minimum Gasteiger partial charge on any atom is -0.445 e. The highest BCUT2D eigenvalue weighted by Gasteiger charge is 2.22. The van der Waals surface area contributed by atoms with Crippen LogP contribution >= 0.6 is 0 Å². The molecule has 0 N–H and O–H groups in total. The first kappa shape index (κ1) is 9.66. The van der Waals surface area contributed by atoms with Gasteiger partial charge in [-0.25, -0.2) is 4.98 Å². The Bertz CT molecular complexity index is 714. The molecule has 1 aliphatic rings. The van der Waals surface area contributed by atoms with Crippen LogP contribution in [-0.4, -0.2) is 4.98 Å². The summed E-state index contributed by atoms with van der Waals surface area (Å²) < 4.78 is 5.43. The van der Waals surface area contributed by atoms with Crippen molar-refractivity contribution in [3.8, 4) is 22.6 Å². The maximum absolute atomic E-state index is 5.43. The number of benzene rings is 2. The second-order valence-corrected chi connectivity index (χ2v) is 4.50. The van der Waals surface area contributed by atoms with Crippen LogP contribution in [0, 0.1) is 0 Å². The number of aromatic nitrogens is 1. The lowest BCUT2D eigenvalue weighted by Gasteiger charge is -2.04. The third kappa shape index (κ3) is 1.26. The lowest BCUT2D eigenvalue weighted by molar-refractivity contribution is 0.574. The molecule has 4 rings (SSSR count). The molecular weight excluding hydrogens is 222 g/mol. The van der Waals surface area contributed by atoms with E-state index in [4.69, 9.17) is 4.42 Å². The molecule has 0 saturated carbocycles. The van der Waals surface area contributed by atoms with Crippen LogP contribution in [0.1, 0.15) is 11.1 Å². The minimum atomic E-state index is 0.708. The molecule has 1 aliphatic carbocycles. The Morgan fingerprint density at radius 2 is 1.72 bits per heavy atom. The lowest BCUT2D eigenvalue weighted by atomic mass is 10.0. The Morgan fingerprint density at radius 1 is 0.889 bits per heavy atom. The average molecular weight is 233 g/mol. The summed E-state index contributed by atoms with van der Waals surface area (Å²) in [5, 5.41) is 0. The molecule has 2 nitrogen and oxygen atoms in total. The van der Waals surface area contributed by atoms with E-state index >= 15 is 0 Å². The number of hydrogen-bond donors (Lipinski definition) is 0. The number of hydrogen-bond acceptors (Lipinski definition) is 2. The molecule has 0 amide bonds. The van der Waals surface area contributed by atoms with Crippen molar-refractivity contribution in [2.45, 2.75) is 6.42 Å². The summed E-state index contributed by atoms with van der Waals surface area (Å²) in [6, 6.07) is 14.9. The molecule has 0 atom stereocenters. The van der Waals surface area contributed by atoms with Gasteiger partial charge in [0.1, 0.15) is 6.26 Å². The molecule has 18 heavy (non-hydrogen) atoms. The molecule has 2 heteroatoms. The third-order valence-electron chi connectivity index (χ3n) is 3.51. The summed E-state index contributed by atoms with van der Waals surface area (Å²) in [6.07, 6.45) is 4.28. The zero-order valence-electron chi connectivity index (χ0n) is 9.76. The highest BCUT2D eigenvalue weighted by atomic mass is 16.3. The quantitative estimate of drug-likeness (QED) is 0.498. The van der Waals surface area contributed by atoms with E-state index in [1.54, 1.807) is 12.5 Å². The van der Waals surface area contributed by atoms with Gasteiger partial charge in [0, 0.05) is 5.56 Å². The monoisotopic (exact) mass is 233 g/mol. The largest absolute Gasteiger partial charge is 0.445 e. The Kier molecular flexibility index (Phi) is 1.92. The van der Waals surface area contributed by atoms with Crippen LogP contribution in [0.4, 0.5) is 0 Å². The highest BCUT2D eigenvalue weighted by molar-refractivity contribution is 5.82. The fraction of sp³-hybridized carbons (Fsp3) is 0.0625. The van der Waals surface area contributed by atoms with E-state index in [-0.39, 0.29) is 0 Å². The van der Waals surface area contributed by atoms with E-state index in [0.29, 0.717) is 5.89 Å². The van der Waals surface area contributed by atoms with Crippen molar-refractivity contribution in [1.29, 1.82) is 0 Å². The van der Waals surface area contributed by atoms with Crippen LogP contribution in [0.25, 0.3) is 22.6 Å². The standard InChI is InChI=1S/C16H11NO/c1-2-5-12-11(4-1)10-15-13(12)6-3-7-14(15)16-17-8-9-18-16/h1-9H,10H2. The molecule has 0 aliphatic heterocycles. The first-order valence-corrected chi connectivity index (χ1v) is 6.03. The number of oxazole rings is 1. The van der Waals surface area contributed by atoms with Gasteiger partial charge >= 0.3 is 0 Å². The fourth-order valence-electron chi connectivity index (χ4n) is 2.71. The van der Waals surface area contributed by atoms with Crippen LogP contribution in [0.2, 0.25) is 0 Å². The second-order valence-electron chi connectivity index (χ2n) is 4.50. The lowest BCUT2D eigenvalue weighted by Crippen LogP contribution is -1.87. The Labute approximate surface area is 105 Å². The van der Waals surface area contributed by atoms with Crippen molar-refractivity contribution in [1.82, 2.24) is 4.98 Å². The average Bonchev–Trinajstić information content (AvgIpc) is 3.05. The van der Waals surface area contributed by atoms with Gasteiger partial charge in [0.2, 0.25) is 5.89 Å². The van der Waals surface area contributed by atoms with Crippen LogP contribution in [0.5, 0.6) is 0 Å². The van der Waals surface area contributed by atoms with Crippen LogP contribution in [0.15, 0.2) is 59.3 Å². The van der Waals surface area contributed by atoms with Gasteiger partial charge in [0.15, 0.2) is 0 Å². The highest BCUT2D eigenvalue weighted by Crippen LogP contribution is 2.40. The van der Waals surface area contributed by atoms with Crippen LogP contribution in [0.3, 0.4) is 0 Å². The zero-order valence-corrected chi connectivity index (χ0v) is 9.76. The van der Waals surface area contributed by atoms with Crippen molar-refractivity contribution in [2.75, 3.05) is 0 Å². The predicted molar refractivity (Wildman–Crippen MR) is 70.2 cm³/mol. The van der Waals surface area contributed by atoms with E-state index in [2.05, 4.69) is 47.4 Å². The fourth-order valence-corrected chi connectivity index (χ4v) is 2.71. The molecule has 1 heterocycles. The van der Waals surface area contributed by atoms with E-state index < -0.39 is 0 Å². The van der Waals surface area contributed by atoms with E-state index in [1.165, 1.54) is 22.3 Å². The smallest absolute Gasteiger partial charge is 0.226 e. The summed E-state index contributed by atoms with van der Waals surface area (Å²) in [5.74, 6) is 0.708. The van der Waals surface area contributed by atoms with Gasteiger partial charge in [0.25, 0.3) is 0 Å². The van der Waals surface area contributed by atoms with Crippen LogP contribution in [-0.2, 0) is 6.42 Å². The SMILES string of the molecule is c1ccc2c(c1)Cc1c(-c3ncco3)cccc1-2. The first-order valence-electron chi connectivity index (χ1n) is 6.03. The Morgan fingerprint density at radius 3 is 2.61 bits per heavy atom. The van der Waals surface area contributed by atoms with E-state index in [9.17, 15) is 0 Å². The number of rotatable bonds is 1. The van der Waals surface area contributed by atoms with Crippen molar-refractivity contribution in [3.63, 3.8) is 0 Å². The third-order valence-corrected chi connectivity index (χ3v) is 3.51. The second kappa shape index (κ2) is 3.57. The molecule has 0 unspecified atom stereocenters. The Hall–Kier alpha value is -2.35. The summed E-state index contributed by atoms with van der Waals surface area (Å²) >= 11 is 0. The van der Waals surface area contributed by atoms with Crippen molar-refractivity contribution < 1.29 is 4.42 Å². The molecule has 0 bridgehead atoms. The first-order chi connectivity index (χ1) is 8.93. The molecule has 0 spiro atoms. The topological polar surface area (TPSA) is 26.0 Å². The molecule has 0 radical (unpaired) electrons. The summed E-state index contributed by atoms with van der Waals surface area (Å²) in [7, 11) is 0. The Balaban J connectivity index is 1.97. The normalized spacial score (nSPS) is 12.2. The minimum absolute atomic E-state index is 0.708. The summed E-state index contributed by atoms with van der Waals surface area (Å²) in [6.45, 7) is 0. The van der Waals surface area contributed by atoms with Gasteiger partial charge in [-0.1, -0.05) is 36.4 Å². The molecule has 2 aromatic carbocycles. The van der Waals surface area contributed by atoms with Gasteiger partial charge in [-0.15, -0.1) is 0 Å². The molecule has 3 aromatic rings. The zero-order chi connectivity index (χ0) is 11.9. The van der Waals surface area contributed by atoms with E-state index in [0.717, 1.165) is 12.0 Å². The van der Waals surface area contributed by atoms with Gasteiger partial charge in [-0.2, -0.15) is 0 Å². The van der Waals surface area contributed by atoms with Gasteiger partial charge in [0.05, 0.1) is 6.20 Å². The van der Waals surface area contributed by atoms with Gasteiger partial charge in [-0.05, 0) is 34.7 Å². The van der Waals surface area contributed by atoms with Crippen LogP contribution < -0.4 is 0 Å². The molecule has 0 saturated heterocycles. The summed E-state index contributed by atoms with van der Waals surface area (Å²) in [4.78, 5) is 4.26. The van der Waals surface area contributed by atoms with Gasteiger partial charge < -0.3 is 4.42 Å². The van der Waals surface area contributed by atoms with Gasteiger partial charge in [-0.3, -0.25) is 0 Å². The molecule has 0 fully saturated rings. The van der Waals surface area contributed by atoms with Crippen molar-refractivity contribution in [3.05, 3.63) is 66.1 Å². The number of fused-ring (bicyclic) bond motifs is 3. The van der Waals surface area contributed by atoms with E-state index in [1.807, 2.05) is 0 Å². The predicted octanol–water partition coefficient (Wildman–Crippen LogP) is 3.91. The molecule has 86 valence electrons. The maximum Gasteiger partial charge on any atom is 0.226 e. The number of nitrogens with zero attached hydrogens (tertiary/aromatic N) is 1. The van der Waals surface area contributed by atoms with Crippen molar-refractivity contribution >= 4 is 0 Å². The van der Waals surface area contributed by atoms with Crippen molar-refractivity contribution in [2.24, 2.45) is 0 Å². The molecule has 1 aromatic heterocycles. The molecular formula is C16H11NO. The maximum atomic E-state index is 5.43. The summed E-state index contributed by atoms with van der Waals surface area (Å²) in [5.41, 5.74) is 6.45.